The fraction of sp³-hybridized carbons (Fsp3) is 0.182. The lowest BCUT2D eigenvalue weighted by atomic mass is 10.1. The lowest BCUT2D eigenvalue weighted by molar-refractivity contribution is 0.0944. The Kier molecular flexibility index (Phi) is 5.00. The van der Waals surface area contributed by atoms with Crippen LogP contribution in [0.5, 0.6) is 11.5 Å². The van der Waals surface area contributed by atoms with Crippen LogP contribution in [0.3, 0.4) is 0 Å². The van der Waals surface area contributed by atoms with E-state index in [1.807, 2.05) is 49.4 Å². The molecule has 0 aliphatic carbocycles. The summed E-state index contributed by atoms with van der Waals surface area (Å²) in [6.07, 6.45) is 0. The average molecular weight is 390 g/mol. The fourth-order valence-corrected chi connectivity index (χ4v) is 3.91. The molecule has 28 heavy (non-hydrogen) atoms. The Balaban J connectivity index is 1.47. The summed E-state index contributed by atoms with van der Waals surface area (Å²) >= 11 is 1.44. The molecule has 5 nitrogen and oxygen atoms in total. The molecule has 1 N–H and O–H groups in total. The van der Waals surface area contributed by atoms with Gasteiger partial charge in [0.25, 0.3) is 5.91 Å². The Labute approximate surface area is 167 Å². The van der Waals surface area contributed by atoms with Crippen LogP contribution >= 0.6 is 11.3 Å². The van der Waals surface area contributed by atoms with Crippen molar-refractivity contribution in [2.24, 2.45) is 0 Å². The molecule has 0 saturated carbocycles. The monoisotopic (exact) mass is 390 g/mol. The Bertz CT molecular complexity index is 1050. The third kappa shape index (κ3) is 3.71. The average Bonchev–Trinajstić information content (AvgIpc) is 3.24. The number of hydrogen-bond donors (Lipinski definition) is 1. The van der Waals surface area contributed by atoms with Gasteiger partial charge in [-0.15, -0.1) is 11.3 Å². The lowest BCUT2D eigenvalue weighted by Crippen LogP contribution is -2.25. The van der Waals surface area contributed by atoms with Crippen LogP contribution in [0.4, 0.5) is 0 Å². The third-order valence-electron chi connectivity index (χ3n) is 4.54. The molecular formula is C22H18N2O3S. The number of thiophene rings is 1. The first-order valence-corrected chi connectivity index (χ1v) is 9.76. The van der Waals surface area contributed by atoms with E-state index in [1.54, 1.807) is 12.1 Å². The van der Waals surface area contributed by atoms with E-state index in [0.717, 1.165) is 27.5 Å². The van der Waals surface area contributed by atoms with Crippen molar-refractivity contribution in [3.8, 4) is 28.0 Å². The molecule has 3 aromatic rings. The first-order valence-electron chi connectivity index (χ1n) is 8.95. The molecule has 0 spiro atoms. The highest BCUT2D eigenvalue weighted by molar-refractivity contribution is 7.17. The molecule has 0 fully saturated rings. The summed E-state index contributed by atoms with van der Waals surface area (Å²) in [5, 5.41) is 11.9. The Morgan fingerprint density at radius 1 is 1.07 bits per heavy atom. The van der Waals surface area contributed by atoms with Gasteiger partial charge < -0.3 is 14.8 Å². The molecule has 6 heteroatoms. The number of nitrogens with one attached hydrogen (secondary N) is 1. The molecule has 2 aromatic carbocycles. The topological polar surface area (TPSA) is 71.3 Å². The highest BCUT2D eigenvalue weighted by Crippen LogP contribution is 2.37. The van der Waals surface area contributed by atoms with Gasteiger partial charge in [0.15, 0.2) is 11.5 Å². The van der Waals surface area contributed by atoms with E-state index in [4.69, 9.17) is 14.7 Å². The van der Waals surface area contributed by atoms with Crippen molar-refractivity contribution >= 4 is 17.2 Å². The maximum atomic E-state index is 12.6. The number of hydrogen-bond acceptors (Lipinski definition) is 5. The maximum absolute atomic E-state index is 12.6. The number of nitrogens with zero attached hydrogens (tertiary/aromatic N) is 1. The molecular weight excluding hydrogens is 372 g/mol. The Morgan fingerprint density at radius 3 is 2.57 bits per heavy atom. The summed E-state index contributed by atoms with van der Waals surface area (Å²) in [5.41, 5.74) is 2.55. The molecule has 0 bridgehead atoms. The van der Waals surface area contributed by atoms with Gasteiger partial charge in [-0.3, -0.25) is 4.79 Å². The smallest absolute Gasteiger partial charge is 0.261 e. The molecule has 4 rings (SSSR count). The van der Waals surface area contributed by atoms with Gasteiger partial charge in [0.2, 0.25) is 0 Å². The summed E-state index contributed by atoms with van der Waals surface area (Å²) in [4.78, 5) is 14.3. The standard InChI is InChI=1S/C22H18N2O3S/c1-14(16-4-2-15(13-23)3-5-16)24-22(25)21-9-8-20(28-21)17-6-7-18-19(12-17)27-11-10-26-18/h2-9,12,14H,10-11H2,1H3,(H,24,25). The van der Waals surface area contributed by atoms with Gasteiger partial charge in [-0.05, 0) is 60.5 Å². The number of carbonyl (C=O) groups is 1. The molecule has 0 radical (unpaired) electrons. The van der Waals surface area contributed by atoms with Crippen LogP contribution in [0.2, 0.25) is 0 Å². The first-order chi connectivity index (χ1) is 13.6. The van der Waals surface area contributed by atoms with Crippen LogP contribution in [-0.2, 0) is 0 Å². The number of rotatable bonds is 4. The SMILES string of the molecule is CC(NC(=O)c1ccc(-c2ccc3c(c2)OCCO3)s1)c1ccc(C#N)cc1. The van der Waals surface area contributed by atoms with Crippen molar-refractivity contribution in [3.05, 3.63) is 70.6 Å². The van der Waals surface area contributed by atoms with Gasteiger partial charge in [0.1, 0.15) is 13.2 Å². The minimum absolute atomic E-state index is 0.120. The van der Waals surface area contributed by atoms with Crippen LogP contribution in [0.1, 0.15) is 33.8 Å². The van der Waals surface area contributed by atoms with Crippen LogP contribution in [-0.4, -0.2) is 19.1 Å². The number of carbonyl (C=O) groups excluding carboxylic acids is 1. The summed E-state index contributed by atoms with van der Waals surface area (Å²) in [7, 11) is 0. The Hall–Kier alpha value is -3.30. The third-order valence-corrected chi connectivity index (χ3v) is 5.68. The van der Waals surface area contributed by atoms with Crippen molar-refractivity contribution in [2.75, 3.05) is 13.2 Å². The molecule has 1 aliphatic rings. The molecule has 2 heterocycles. The molecule has 1 unspecified atom stereocenters. The number of amides is 1. The minimum Gasteiger partial charge on any atom is -0.486 e. The first kappa shape index (κ1) is 18.1. The molecule has 1 aliphatic heterocycles. The van der Waals surface area contributed by atoms with Crippen LogP contribution in [0.15, 0.2) is 54.6 Å². The predicted molar refractivity (Wildman–Crippen MR) is 108 cm³/mol. The largest absolute Gasteiger partial charge is 0.486 e. The molecule has 1 atom stereocenters. The van der Waals surface area contributed by atoms with E-state index >= 15 is 0 Å². The molecule has 0 saturated heterocycles. The summed E-state index contributed by atoms with van der Waals surface area (Å²) < 4.78 is 11.2. The fourth-order valence-electron chi connectivity index (χ4n) is 3.01. The number of benzene rings is 2. The van der Waals surface area contributed by atoms with E-state index in [9.17, 15) is 4.79 Å². The van der Waals surface area contributed by atoms with Gasteiger partial charge >= 0.3 is 0 Å². The van der Waals surface area contributed by atoms with E-state index < -0.39 is 0 Å². The zero-order chi connectivity index (χ0) is 19.5. The zero-order valence-corrected chi connectivity index (χ0v) is 16.1. The van der Waals surface area contributed by atoms with E-state index in [1.165, 1.54) is 11.3 Å². The van der Waals surface area contributed by atoms with Crippen molar-refractivity contribution in [3.63, 3.8) is 0 Å². The van der Waals surface area contributed by atoms with Crippen molar-refractivity contribution < 1.29 is 14.3 Å². The van der Waals surface area contributed by atoms with Crippen molar-refractivity contribution in [2.45, 2.75) is 13.0 Å². The van der Waals surface area contributed by atoms with Gasteiger partial charge in [-0.1, -0.05) is 12.1 Å². The van der Waals surface area contributed by atoms with E-state index in [2.05, 4.69) is 11.4 Å². The highest BCUT2D eigenvalue weighted by Gasteiger charge is 2.16. The second-order valence-corrected chi connectivity index (χ2v) is 7.54. The lowest BCUT2D eigenvalue weighted by Gasteiger charge is -2.18. The van der Waals surface area contributed by atoms with Crippen LogP contribution in [0, 0.1) is 11.3 Å². The predicted octanol–water partition coefficient (Wildman–Crippen LogP) is 4.55. The highest BCUT2D eigenvalue weighted by atomic mass is 32.1. The zero-order valence-electron chi connectivity index (χ0n) is 15.3. The van der Waals surface area contributed by atoms with E-state index in [0.29, 0.717) is 23.7 Å². The summed E-state index contributed by atoms with van der Waals surface area (Å²) in [5.74, 6) is 1.36. The van der Waals surface area contributed by atoms with Crippen molar-refractivity contribution in [1.29, 1.82) is 5.26 Å². The number of fused-ring (bicyclic) bond motifs is 1. The summed E-state index contributed by atoms with van der Waals surface area (Å²) in [6.45, 7) is 3.03. The second-order valence-electron chi connectivity index (χ2n) is 6.45. The van der Waals surface area contributed by atoms with Crippen LogP contribution in [0.25, 0.3) is 10.4 Å². The molecule has 1 amide bonds. The van der Waals surface area contributed by atoms with E-state index in [-0.39, 0.29) is 11.9 Å². The van der Waals surface area contributed by atoms with Gasteiger partial charge in [0.05, 0.1) is 22.6 Å². The summed E-state index contributed by atoms with van der Waals surface area (Å²) in [6, 6.07) is 18.8. The quantitative estimate of drug-likeness (QED) is 0.709. The minimum atomic E-state index is -0.153. The van der Waals surface area contributed by atoms with Crippen LogP contribution < -0.4 is 14.8 Å². The van der Waals surface area contributed by atoms with Gasteiger partial charge in [0, 0.05) is 4.88 Å². The normalized spacial score (nSPS) is 13.4. The van der Waals surface area contributed by atoms with Crippen molar-refractivity contribution in [1.82, 2.24) is 5.32 Å². The number of nitriles is 1. The second kappa shape index (κ2) is 7.75. The maximum Gasteiger partial charge on any atom is 0.261 e. The van der Waals surface area contributed by atoms with Gasteiger partial charge in [-0.25, -0.2) is 0 Å². The molecule has 140 valence electrons. The molecule has 1 aromatic heterocycles. The Morgan fingerprint density at radius 2 is 1.82 bits per heavy atom. The van der Waals surface area contributed by atoms with Gasteiger partial charge in [-0.2, -0.15) is 5.26 Å². The number of ether oxygens (including phenoxy) is 2.